The van der Waals surface area contributed by atoms with Crippen LogP contribution in [0.1, 0.15) is 18.5 Å². The van der Waals surface area contributed by atoms with Crippen molar-refractivity contribution in [3.05, 3.63) is 34.6 Å². The van der Waals surface area contributed by atoms with Gasteiger partial charge in [0, 0.05) is 37.8 Å². The van der Waals surface area contributed by atoms with E-state index in [1.165, 1.54) is 6.92 Å². The first-order valence-electron chi connectivity index (χ1n) is 5.91. The summed E-state index contributed by atoms with van der Waals surface area (Å²) in [4.78, 5) is 1.68. The monoisotopic (exact) mass is 316 g/mol. The van der Waals surface area contributed by atoms with E-state index in [9.17, 15) is 22.0 Å². The Hall–Kier alpha value is -0.920. The zero-order valence-corrected chi connectivity index (χ0v) is 11.5. The van der Waals surface area contributed by atoms with E-state index in [1.807, 2.05) is 0 Å². The molecule has 0 radical (unpaired) electrons. The van der Waals surface area contributed by atoms with Gasteiger partial charge in [0.25, 0.3) is 0 Å². The van der Waals surface area contributed by atoms with Crippen LogP contribution >= 0.6 is 12.4 Å². The number of nitrogens with zero attached hydrogens (tertiary/aromatic N) is 1. The number of halogens is 6. The maximum Gasteiger partial charge on any atom is 0.200 e. The molecule has 0 aromatic heterocycles. The first-order valence-corrected chi connectivity index (χ1v) is 5.91. The molecule has 1 aromatic rings. The summed E-state index contributed by atoms with van der Waals surface area (Å²) in [6.07, 6.45) is 0. The Kier molecular flexibility index (Phi) is 5.73. The molecule has 8 heteroatoms. The van der Waals surface area contributed by atoms with Gasteiger partial charge in [-0.2, -0.15) is 0 Å². The molecule has 1 fully saturated rings. The number of rotatable bonds is 2. The van der Waals surface area contributed by atoms with E-state index in [0.717, 1.165) is 0 Å². The second-order valence-electron chi connectivity index (χ2n) is 4.45. The van der Waals surface area contributed by atoms with Crippen molar-refractivity contribution in [3.8, 4) is 0 Å². The minimum absolute atomic E-state index is 0. The number of benzene rings is 1. The molecule has 2 nitrogen and oxygen atoms in total. The van der Waals surface area contributed by atoms with Gasteiger partial charge in [-0.1, -0.05) is 0 Å². The average molecular weight is 317 g/mol. The van der Waals surface area contributed by atoms with Gasteiger partial charge >= 0.3 is 0 Å². The van der Waals surface area contributed by atoms with Gasteiger partial charge < -0.3 is 5.32 Å². The van der Waals surface area contributed by atoms with E-state index >= 15 is 0 Å². The van der Waals surface area contributed by atoms with E-state index in [2.05, 4.69) is 5.32 Å². The van der Waals surface area contributed by atoms with Crippen LogP contribution in [0.5, 0.6) is 0 Å². The van der Waals surface area contributed by atoms with Crippen molar-refractivity contribution in [1.29, 1.82) is 0 Å². The summed E-state index contributed by atoms with van der Waals surface area (Å²) in [5, 5.41) is 3.04. The minimum Gasteiger partial charge on any atom is -0.314 e. The Morgan fingerprint density at radius 3 is 1.70 bits per heavy atom. The lowest BCUT2D eigenvalue weighted by molar-refractivity contribution is 0.175. The van der Waals surface area contributed by atoms with Crippen LogP contribution in [0.25, 0.3) is 0 Å². The smallest absolute Gasteiger partial charge is 0.200 e. The van der Waals surface area contributed by atoms with Crippen molar-refractivity contribution in [2.45, 2.75) is 13.0 Å². The fraction of sp³-hybridized carbons (Fsp3) is 0.500. The highest BCUT2D eigenvalue weighted by atomic mass is 35.5. The Morgan fingerprint density at radius 1 is 0.850 bits per heavy atom. The molecular formula is C12H14ClF5N2. The molecule has 1 N–H and O–H groups in total. The van der Waals surface area contributed by atoms with Gasteiger partial charge in [0.1, 0.15) is 0 Å². The predicted molar refractivity (Wildman–Crippen MR) is 66.3 cm³/mol. The van der Waals surface area contributed by atoms with Crippen molar-refractivity contribution in [2.24, 2.45) is 0 Å². The maximum absolute atomic E-state index is 13.6. The third-order valence-corrected chi connectivity index (χ3v) is 3.36. The summed E-state index contributed by atoms with van der Waals surface area (Å²) in [5.41, 5.74) is -0.765. The first-order chi connectivity index (χ1) is 8.95. The average Bonchev–Trinajstić information content (AvgIpc) is 2.44. The Balaban J connectivity index is 0.00000200. The van der Waals surface area contributed by atoms with Gasteiger partial charge in [-0.15, -0.1) is 12.4 Å². The number of nitrogens with one attached hydrogen (secondary N) is 1. The van der Waals surface area contributed by atoms with Crippen molar-refractivity contribution >= 4 is 12.4 Å². The van der Waals surface area contributed by atoms with E-state index in [1.54, 1.807) is 4.90 Å². The van der Waals surface area contributed by atoms with Crippen molar-refractivity contribution < 1.29 is 22.0 Å². The molecule has 0 aliphatic carbocycles. The van der Waals surface area contributed by atoms with Crippen LogP contribution in [0.2, 0.25) is 0 Å². The van der Waals surface area contributed by atoms with Crippen LogP contribution in [0.4, 0.5) is 22.0 Å². The molecule has 1 saturated heterocycles. The molecule has 0 saturated carbocycles. The van der Waals surface area contributed by atoms with Crippen molar-refractivity contribution in [1.82, 2.24) is 10.2 Å². The largest absolute Gasteiger partial charge is 0.314 e. The van der Waals surface area contributed by atoms with Crippen molar-refractivity contribution in [2.75, 3.05) is 26.2 Å². The predicted octanol–water partition coefficient (Wildman–Crippen LogP) is 2.77. The van der Waals surface area contributed by atoms with E-state index in [4.69, 9.17) is 0 Å². The highest BCUT2D eigenvalue weighted by molar-refractivity contribution is 5.85. The second kappa shape index (κ2) is 6.69. The Bertz CT molecular complexity index is 462. The van der Waals surface area contributed by atoms with Crippen LogP contribution < -0.4 is 5.32 Å². The summed E-state index contributed by atoms with van der Waals surface area (Å²) in [7, 11) is 0. The molecule has 114 valence electrons. The molecule has 0 unspecified atom stereocenters. The van der Waals surface area contributed by atoms with Gasteiger partial charge in [0.15, 0.2) is 23.3 Å². The normalized spacial score (nSPS) is 17.7. The summed E-state index contributed by atoms with van der Waals surface area (Å²) in [5.74, 6) is -9.40. The number of hydrogen-bond acceptors (Lipinski definition) is 2. The van der Waals surface area contributed by atoms with Crippen LogP contribution in [0, 0.1) is 29.1 Å². The summed E-state index contributed by atoms with van der Waals surface area (Å²) in [6, 6.07) is -0.869. The lowest BCUT2D eigenvalue weighted by atomic mass is 10.0. The molecule has 1 aromatic carbocycles. The standard InChI is InChI=1S/C12H13F5N2.ClH/c1-6(19-4-2-18-3-5-19)7-8(13)10(15)12(17)11(16)9(7)14;/h6,18H,2-5H2,1H3;1H/t6-;/m0./s1. The summed E-state index contributed by atoms with van der Waals surface area (Å²) < 4.78 is 66.5. The molecule has 0 bridgehead atoms. The lowest BCUT2D eigenvalue weighted by Gasteiger charge is -2.33. The Morgan fingerprint density at radius 2 is 1.25 bits per heavy atom. The molecule has 2 rings (SSSR count). The SMILES string of the molecule is C[C@@H](c1c(F)c(F)c(F)c(F)c1F)N1CCNCC1.Cl. The molecule has 1 atom stereocenters. The number of hydrogen-bond donors (Lipinski definition) is 1. The Labute approximate surface area is 119 Å². The van der Waals surface area contributed by atoms with Crippen molar-refractivity contribution in [3.63, 3.8) is 0 Å². The van der Waals surface area contributed by atoms with Crippen LogP contribution in [0.3, 0.4) is 0 Å². The highest BCUT2D eigenvalue weighted by Crippen LogP contribution is 2.30. The van der Waals surface area contributed by atoms with Crippen LogP contribution in [0.15, 0.2) is 0 Å². The highest BCUT2D eigenvalue weighted by Gasteiger charge is 2.31. The zero-order valence-electron chi connectivity index (χ0n) is 10.7. The maximum atomic E-state index is 13.6. The fourth-order valence-corrected chi connectivity index (χ4v) is 2.24. The van der Waals surface area contributed by atoms with Gasteiger partial charge in [-0.25, -0.2) is 22.0 Å². The third-order valence-electron chi connectivity index (χ3n) is 3.36. The van der Waals surface area contributed by atoms with Gasteiger partial charge in [-0.05, 0) is 6.92 Å². The first kappa shape index (κ1) is 17.1. The molecule has 1 aliphatic rings. The summed E-state index contributed by atoms with van der Waals surface area (Å²) in [6.45, 7) is 3.63. The molecule has 1 heterocycles. The quantitative estimate of drug-likeness (QED) is 0.513. The molecule has 0 spiro atoms. The van der Waals surface area contributed by atoms with Crippen LogP contribution in [-0.4, -0.2) is 31.1 Å². The second-order valence-corrected chi connectivity index (χ2v) is 4.45. The zero-order chi connectivity index (χ0) is 14.2. The van der Waals surface area contributed by atoms with Gasteiger partial charge in [0.2, 0.25) is 5.82 Å². The van der Waals surface area contributed by atoms with Crippen LogP contribution in [-0.2, 0) is 0 Å². The topological polar surface area (TPSA) is 15.3 Å². The minimum atomic E-state index is -2.12. The summed E-state index contributed by atoms with van der Waals surface area (Å²) >= 11 is 0. The van der Waals surface area contributed by atoms with Gasteiger partial charge in [0.05, 0.1) is 0 Å². The molecule has 0 amide bonds. The number of piperazine rings is 1. The van der Waals surface area contributed by atoms with E-state index in [-0.39, 0.29) is 12.4 Å². The molecule has 20 heavy (non-hydrogen) atoms. The molecular weight excluding hydrogens is 303 g/mol. The lowest BCUT2D eigenvalue weighted by Crippen LogP contribution is -2.45. The third kappa shape index (κ3) is 2.89. The fourth-order valence-electron chi connectivity index (χ4n) is 2.24. The molecule has 1 aliphatic heterocycles. The van der Waals surface area contributed by atoms with E-state index < -0.39 is 40.7 Å². The van der Waals surface area contributed by atoms with E-state index in [0.29, 0.717) is 26.2 Å². The van der Waals surface area contributed by atoms with Gasteiger partial charge in [-0.3, -0.25) is 4.90 Å².